The van der Waals surface area contributed by atoms with Gasteiger partial charge in [-0.2, -0.15) is 0 Å². The summed E-state index contributed by atoms with van der Waals surface area (Å²) in [6, 6.07) is 13.3. The van der Waals surface area contributed by atoms with Crippen molar-refractivity contribution in [1.82, 2.24) is 4.90 Å². The van der Waals surface area contributed by atoms with E-state index in [1.54, 1.807) is 6.07 Å². The predicted octanol–water partition coefficient (Wildman–Crippen LogP) is 4.96. The molecule has 0 saturated carbocycles. The number of likely N-dealkylation sites (tertiary alicyclic amines) is 1. The Morgan fingerprint density at radius 1 is 1.03 bits per heavy atom. The molecule has 0 aliphatic carbocycles. The van der Waals surface area contributed by atoms with Crippen LogP contribution in [-0.2, 0) is 4.79 Å². The second kappa shape index (κ2) is 11.0. The van der Waals surface area contributed by atoms with E-state index in [2.05, 4.69) is 6.92 Å². The van der Waals surface area contributed by atoms with Gasteiger partial charge in [-0.15, -0.1) is 0 Å². The first-order valence-electron chi connectivity index (χ1n) is 11.4. The molecule has 1 fully saturated rings. The van der Waals surface area contributed by atoms with Crippen molar-refractivity contribution in [2.24, 2.45) is 11.7 Å². The van der Waals surface area contributed by atoms with Gasteiger partial charge in [0.1, 0.15) is 5.75 Å². The van der Waals surface area contributed by atoms with Crippen LogP contribution >= 0.6 is 0 Å². The second-order valence-corrected chi connectivity index (χ2v) is 8.63. The summed E-state index contributed by atoms with van der Waals surface area (Å²) in [6.07, 6.45) is 5.59. The van der Waals surface area contributed by atoms with E-state index in [9.17, 15) is 9.59 Å². The number of hydrogen-bond donors (Lipinski definition) is 1. The quantitative estimate of drug-likeness (QED) is 0.581. The van der Waals surface area contributed by atoms with Crippen LogP contribution in [0, 0.1) is 12.8 Å². The van der Waals surface area contributed by atoms with Crippen LogP contribution in [0.3, 0.4) is 0 Å². The number of hydrogen-bond acceptors (Lipinski definition) is 3. The Kier molecular flexibility index (Phi) is 8.10. The molecule has 2 N–H and O–H groups in total. The molecule has 1 saturated heterocycles. The molecule has 5 heteroatoms. The first-order valence-corrected chi connectivity index (χ1v) is 11.4. The zero-order valence-electron chi connectivity index (χ0n) is 18.7. The smallest absolute Gasteiger partial charge is 0.249 e. The molecule has 2 aromatic rings. The highest BCUT2D eigenvalue weighted by atomic mass is 16.5. The summed E-state index contributed by atoms with van der Waals surface area (Å²) < 4.78 is 6.09. The lowest BCUT2D eigenvalue weighted by Crippen LogP contribution is -2.37. The third-order valence-electron chi connectivity index (χ3n) is 6.05. The molecule has 2 aromatic carbocycles. The lowest BCUT2D eigenvalue weighted by Gasteiger charge is -2.30. The number of unbranched alkanes of at least 4 members (excludes halogenated alkanes) is 2. The number of ether oxygens (including phenoxy) is 1. The van der Waals surface area contributed by atoms with E-state index >= 15 is 0 Å². The Hall–Kier alpha value is -2.82. The SMILES string of the molecule is Cc1ccc(-c2ccccc2C(N)=O)c(OCCCCCC(=O)N2CCC(C)CC2)c1. The maximum atomic E-state index is 12.3. The van der Waals surface area contributed by atoms with Crippen LogP contribution in [0.2, 0.25) is 0 Å². The molecule has 166 valence electrons. The van der Waals surface area contributed by atoms with Gasteiger partial charge in [-0.25, -0.2) is 0 Å². The molecular formula is C26H34N2O3. The minimum absolute atomic E-state index is 0.289. The zero-order valence-corrected chi connectivity index (χ0v) is 18.7. The van der Waals surface area contributed by atoms with E-state index < -0.39 is 5.91 Å². The van der Waals surface area contributed by atoms with Gasteiger partial charge in [-0.05, 0) is 68.2 Å². The summed E-state index contributed by atoms with van der Waals surface area (Å²) in [7, 11) is 0. The first kappa shape index (κ1) is 22.9. The van der Waals surface area contributed by atoms with Gasteiger partial charge in [-0.1, -0.05) is 37.3 Å². The topological polar surface area (TPSA) is 72.6 Å². The summed E-state index contributed by atoms with van der Waals surface area (Å²) in [6.45, 7) is 6.67. The number of rotatable bonds is 9. The number of carbonyl (C=O) groups is 2. The van der Waals surface area contributed by atoms with Gasteiger partial charge in [0.05, 0.1) is 6.61 Å². The van der Waals surface area contributed by atoms with Gasteiger partial charge in [0, 0.05) is 30.6 Å². The summed E-state index contributed by atoms with van der Waals surface area (Å²) >= 11 is 0. The van der Waals surface area contributed by atoms with Crippen molar-refractivity contribution in [3.8, 4) is 16.9 Å². The fourth-order valence-electron chi connectivity index (χ4n) is 4.06. The number of nitrogens with two attached hydrogens (primary N) is 1. The Morgan fingerprint density at radius 3 is 2.52 bits per heavy atom. The Balaban J connectivity index is 1.51. The molecule has 1 aliphatic rings. The molecule has 5 nitrogen and oxygen atoms in total. The molecule has 3 rings (SSSR count). The van der Waals surface area contributed by atoms with Crippen molar-refractivity contribution in [2.75, 3.05) is 19.7 Å². The number of primary amides is 1. The van der Waals surface area contributed by atoms with Crippen molar-refractivity contribution in [1.29, 1.82) is 0 Å². The third-order valence-corrected chi connectivity index (χ3v) is 6.05. The maximum Gasteiger partial charge on any atom is 0.249 e. The average molecular weight is 423 g/mol. The minimum atomic E-state index is -0.449. The second-order valence-electron chi connectivity index (χ2n) is 8.63. The molecule has 0 spiro atoms. The van der Waals surface area contributed by atoms with E-state index in [0.29, 0.717) is 18.6 Å². The van der Waals surface area contributed by atoms with Gasteiger partial charge in [0.2, 0.25) is 11.8 Å². The number of aryl methyl sites for hydroxylation is 1. The normalized spacial score (nSPS) is 14.5. The molecule has 0 bridgehead atoms. The van der Waals surface area contributed by atoms with Crippen molar-refractivity contribution in [3.63, 3.8) is 0 Å². The standard InChI is InChI=1S/C26H34N2O3/c1-19-13-15-28(16-14-19)25(29)10-4-3-7-17-31-24-18-20(2)11-12-22(24)21-8-5-6-9-23(21)26(27)30/h5-6,8-9,11-12,18-19H,3-4,7,10,13-17H2,1-2H3,(H2,27,30). The van der Waals surface area contributed by atoms with Crippen LogP contribution in [0.4, 0.5) is 0 Å². The van der Waals surface area contributed by atoms with Crippen LogP contribution in [0.5, 0.6) is 5.75 Å². The van der Waals surface area contributed by atoms with Crippen molar-refractivity contribution in [2.45, 2.75) is 52.4 Å². The molecule has 2 amide bonds. The molecule has 1 heterocycles. The molecule has 0 radical (unpaired) electrons. The van der Waals surface area contributed by atoms with Gasteiger partial charge in [-0.3, -0.25) is 9.59 Å². The van der Waals surface area contributed by atoms with Crippen LogP contribution in [0.1, 0.15) is 61.4 Å². The van der Waals surface area contributed by atoms with Gasteiger partial charge in [0.25, 0.3) is 0 Å². The van der Waals surface area contributed by atoms with Gasteiger partial charge in [0.15, 0.2) is 0 Å². The van der Waals surface area contributed by atoms with E-state index in [4.69, 9.17) is 10.5 Å². The highest BCUT2D eigenvalue weighted by molar-refractivity contribution is 6.00. The molecule has 0 unspecified atom stereocenters. The maximum absolute atomic E-state index is 12.3. The van der Waals surface area contributed by atoms with Crippen LogP contribution in [0.25, 0.3) is 11.1 Å². The lowest BCUT2D eigenvalue weighted by molar-refractivity contribution is -0.132. The minimum Gasteiger partial charge on any atom is -0.493 e. The fraction of sp³-hybridized carbons (Fsp3) is 0.462. The molecule has 31 heavy (non-hydrogen) atoms. The number of amides is 2. The van der Waals surface area contributed by atoms with Crippen molar-refractivity contribution >= 4 is 11.8 Å². The van der Waals surface area contributed by atoms with Crippen LogP contribution < -0.4 is 10.5 Å². The molecule has 1 aliphatic heterocycles. The molecule has 0 atom stereocenters. The summed E-state index contributed by atoms with van der Waals surface area (Å²) in [5, 5.41) is 0. The summed E-state index contributed by atoms with van der Waals surface area (Å²) in [5.41, 5.74) is 8.80. The van der Waals surface area contributed by atoms with Gasteiger partial charge < -0.3 is 15.4 Å². The summed E-state index contributed by atoms with van der Waals surface area (Å²) in [4.78, 5) is 26.2. The largest absolute Gasteiger partial charge is 0.493 e. The fourth-order valence-corrected chi connectivity index (χ4v) is 4.06. The summed E-state index contributed by atoms with van der Waals surface area (Å²) in [5.74, 6) is 1.33. The Labute approximate surface area is 185 Å². The third kappa shape index (κ3) is 6.33. The van der Waals surface area contributed by atoms with Crippen molar-refractivity contribution in [3.05, 3.63) is 53.6 Å². The van der Waals surface area contributed by atoms with Crippen LogP contribution in [-0.4, -0.2) is 36.4 Å². The molecular weight excluding hydrogens is 388 g/mol. The highest BCUT2D eigenvalue weighted by Gasteiger charge is 2.19. The Bertz CT molecular complexity index is 901. The van der Waals surface area contributed by atoms with E-state index in [-0.39, 0.29) is 5.91 Å². The van der Waals surface area contributed by atoms with Crippen molar-refractivity contribution < 1.29 is 14.3 Å². The Morgan fingerprint density at radius 2 is 1.77 bits per heavy atom. The van der Waals surface area contributed by atoms with E-state index in [1.165, 1.54) is 0 Å². The monoisotopic (exact) mass is 422 g/mol. The molecule has 0 aromatic heterocycles. The number of benzene rings is 2. The van der Waals surface area contributed by atoms with E-state index in [1.807, 2.05) is 48.2 Å². The van der Waals surface area contributed by atoms with Gasteiger partial charge >= 0.3 is 0 Å². The average Bonchev–Trinajstić information content (AvgIpc) is 2.76. The number of nitrogens with zero attached hydrogens (tertiary/aromatic N) is 1. The lowest BCUT2D eigenvalue weighted by atomic mass is 9.97. The predicted molar refractivity (Wildman–Crippen MR) is 124 cm³/mol. The van der Waals surface area contributed by atoms with Crippen LogP contribution in [0.15, 0.2) is 42.5 Å². The number of carbonyl (C=O) groups excluding carboxylic acids is 2. The van der Waals surface area contributed by atoms with E-state index in [0.717, 1.165) is 73.6 Å². The number of piperidine rings is 1. The zero-order chi connectivity index (χ0) is 22.2. The highest BCUT2D eigenvalue weighted by Crippen LogP contribution is 2.33. The first-order chi connectivity index (χ1) is 15.0.